The van der Waals surface area contributed by atoms with E-state index in [1.807, 2.05) is 0 Å². The Kier molecular flexibility index (Phi) is 4.73. The third-order valence-electron chi connectivity index (χ3n) is 1.97. The average molecular weight is 291 g/mol. The van der Waals surface area contributed by atoms with Gasteiger partial charge in [0.1, 0.15) is 0 Å². The van der Waals surface area contributed by atoms with Crippen LogP contribution in [0, 0.1) is 5.82 Å². The number of carbonyl (C=O) groups is 1. The summed E-state index contributed by atoms with van der Waals surface area (Å²) in [4.78, 5) is 11.5. The first-order chi connectivity index (χ1) is 7.63. The Labute approximate surface area is 102 Å². The predicted octanol–water partition coefficient (Wildman–Crippen LogP) is 2.91. The first-order valence-corrected chi connectivity index (χ1v) is 5.85. The van der Waals surface area contributed by atoms with E-state index in [1.54, 1.807) is 6.92 Å². The molecule has 0 radical (unpaired) electrons. The number of methoxy groups -OCH3 is 1. The van der Waals surface area contributed by atoms with Gasteiger partial charge in [-0.3, -0.25) is 0 Å². The summed E-state index contributed by atoms with van der Waals surface area (Å²) < 4.78 is 23.3. The molecule has 0 bridgehead atoms. The summed E-state index contributed by atoms with van der Waals surface area (Å²) in [5, 5.41) is 0.510. The largest absolute Gasteiger partial charge is 0.494 e. The van der Waals surface area contributed by atoms with E-state index in [9.17, 15) is 9.18 Å². The summed E-state index contributed by atoms with van der Waals surface area (Å²) in [5.41, 5.74) is 0.650. The molecule has 1 rings (SSSR count). The van der Waals surface area contributed by atoms with E-state index in [0.29, 0.717) is 5.33 Å². The highest BCUT2D eigenvalue weighted by molar-refractivity contribution is 9.08. The quantitative estimate of drug-likeness (QED) is 0.632. The molecule has 1 aromatic carbocycles. The standard InChI is InChI=1S/C11H12BrFO3/c1-3-16-11(14)8-4-7(6-12)5-9(15-2)10(8)13/h4-5H,3,6H2,1-2H3. The summed E-state index contributed by atoms with van der Waals surface area (Å²) in [6.07, 6.45) is 0. The minimum Gasteiger partial charge on any atom is -0.494 e. The molecular formula is C11H12BrFO3. The smallest absolute Gasteiger partial charge is 0.341 e. The van der Waals surface area contributed by atoms with Crippen molar-refractivity contribution < 1.29 is 18.7 Å². The summed E-state index contributed by atoms with van der Waals surface area (Å²) in [5.74, 6) is -1.33. The number of ether oxygens (including phenoxy) is 2. The summed E-state index contributed by atoms with van der Waals surface area (Å²) in [6, 6.07) is 2.98. The third kappa shape index (κ3) is 2.72. The molecule has 5 heteroatoms. The van der Waals surface area contributed by atoms with E-state index in [4.69, 9.17) is 9.47 Å². The molecule has 0 atom stereocenters. The molecule has 0 heterocycles. The van der Waals surface area contributed by atoms with Crippen molar-refractivity contribution in [1.29, 1.82) is 0 Å². The highest BCUT2D eigenvalue weighted by Crippen LogP contribution is 2.24. The van der Waals surface area contributed by atoms with Crippen LogP contribution in [-0.4, -0.2) is 19.7 Å². The number of hydrogen-bond donors (Lipinski definition) is 0. The molecule has 0 spiro atoms. The normalized spacial score (nSPS) is 10.0. The lowest BCUT2D eigenvalue weighted by atomic mass is 10.1. The number of esters is 1. The average Bonchev–Trinajstić information content (AvgIpc) is 2.29. The Morgan fingerprint density at radius 2 is 2.19 bits per heavy atom. The zero-order chi connectivity index (χ0) is 12.1. The molecule has 0 fully saturated rings. The van der Waals surface area contributed by atoms with E-state index >= 15 is 0 Å². The monoisotopic (exact) mass is 290 g/mol. The van der Waals surface area contributed by atoms with Crippen LogP contribution in [0.25, 0.3) is 0 Å². The van der Waals surface area contributed by atoms with Gasteiger partial charge in [0.05, 0.1) is 19.3 Å². The van der Waals surface area contributed by atoms with Crippen molar-refractivity contribution >= 4 is 21.9 Å². The number of alkyl halides is 1. The minimum atomic E-state index is -0.689. The van der Waals surface area contributed by atoms with Crippen molar-refractivity contribution in [2.75, 3.05) is 13.7 Å². The number of benzene rings is 1. The maximum Gasteiger partial charge on any atom is 0.341 e. The molecule has 3 nitrogen and oxygen atoms in total. The van der Waals surface area contributed by atoms with Crippen LogP contribution in [-0.2, 0) is 10.1 Å². The van der Waals surface area contributed by atoms with Crippen molar-refractivity contribution in [2.24, 2.45) is 0 Å². The van der Waals surface area contributed by atoms with Crippen LogP contribution in [0.3, 0.4) is 0 Å². The molecule has 1 aromatic rings. The zero-order valence-corrected chi connectivity index (χ0v) is 10.6. The maximum atomic E-state index is 13.7. The maximum absolute atomic E-state index is 13.7. The fraction of sp³-hybridized carbons (Fsp3) is 0.364. The first kappa shape index (κ1) is 13.0. The fourth-order valence-corrected chi connectivity index (χ4v) is 1.56. The summed E-state index contributed by atoms with van der Waals surface area (Å²) in [6.45, 7) is 1.88. The Balaban J connectivity index is 3.20. The molecule has 0 saturated heterocycles. The molecule has 0 aliphatic heterocycles. The zero-order valence-electron chi connectivity index (χ0n) is 9.05. The van der Waals surface area contributed by atoms with Crippen LogP contribution in [0.2, 0.25) is 0 Å². The van der Waals surface area contributed by atoms with E-state index in [2.05, 4.69) is 15.9 Å². The van der Waals surface area contributed by atoms with Gasteiger partial charge in [0.2, 0.25) is 0 Å². The number of hydrogen-bond acceptors (Lipinski definition) is 3. The van der Waals surface area contributed by atoms with E-state index in [1.165, 1.54) is 19.2 Å². The van der Waals surface area contributed by atoms with Crippen molar-refractivity contribution in [2.45, 2.75) is 12.3 Å². The minimum absolute atomic E-state index is 0.0417. The van der Waals surface area contributed by atoms with Crippen LogP contribution in [0.1, 0.15) is 22.8 Å². The molecular weight excluding hydrogens is 279 g/mol. The molecule has 0 amide bonds. The van der Waals surface area contributed by atoms with Crippen LogP contribution < -0.4 is 4.74 Å². The van der Waals surface area contributed by atoms with Crippen LogP contribution in [0.15, 0.2) is 12.1 Å². The van der Waals surface area contributed by atoms with Gasteiger partial charge in [-0.25, -0.2) is 9.18 Å². The molecule has 0 aliphatic rings. The van der Waals surface area contributed by atoms with Gasteiger partial charge in [-0.15, -0.1) is 0 Å². The topological polar surface area (TPSA) is 35.5 Å². The van der Waals surface area contributed by atoms with Crippen molar-refractivity contribution in [3.8, 4) is 5.75 Å². The molecule has 16 heavy (non-hydrogen) atoms. The third-order valence-corrected chi connectivity index (χ3v) is 2.62. The highest BCUT2D eigenvalue weighted by atomic mass is 79.9. The molecule has 88 valence electrons. The van der Waals surface area contributed by atoms with Crippen molar-refractivity contribution in [3.05, 3.63) is 29.1 Å². The Morgan fingerprint density at radius 3 is 2.69 bits per heavy atom. The van der Waals surface area contributed by atoms with Crippen LogP contribution in [0.5, 0.6) is 5.75 Å². The molecule has 0 saturated carbocycles. The highest BCUT2D eigenvalue weighted by Gasteiger charge is 2.18. The second kappa shape index (κ2) is 5.84. The van der Waals surface area contributed by atoms with E-state index in [-0.39, 0.29) is 17.9 Å². The van der Waals surface area contributed by atoms with Gasteiger partial charge >= 0.3 is 5.97 Å². The summed E-state index contributed by atoms with van der Waals surface area (Å²) in [7, 11) is 1.35. The Morgan fingerprint density at radius 1 is 1.50 bits per heavy atom. The number of rotatable bonds is 4. The molecule has 0 unspecified atom stereocenters. The van der Waals surface area contributed by atoms with E-state index in [0.717, 1.165) is 5.56 Å². The van der Waals surface area contributed by atoms with Gasteiger partial charge in [-0.1, -0.05) is 15.9 Å². The predicted molar refractivity (Wildman–Crippen MR) is 61.5 cm³/mol. The number of carbonyl (C=O) groups excluding carboxylic acids is 1. The SMILES string of the molecule is CCOC(=O)c1cc(CBr)cc(OC)c1F. The van der Waals surface area contributed by atoms with Gasteiger partial charge in [-0.05, 0) is 24.6 Å². The Hall–Kier alpha value is -1.10. The van der Waals surface area contributed by atoms with Gasteiger partial charge < -0.3 is 9.47 Å². The molecule has 0 N–H and O–H groups in total. The van der Waals surface area contributed by atoms with Crippen LogP contribution in [0.4, 0.5) is 4.39 Å². The lowest BCUT2D eigenvalue weighted by Crippen LogP contribution is -2.09. The van der Waals surface area contributed by atoms with E-state index < -0.39 is 11.8 Å². The lowest BCUT2D eigenvalue weighted by Gasteiger charge is -2.09. The Bertz CT molecular complexity index is 393. The fourth-order valence-electron chi connectivity index (χ4n) is 1.24. The van der Waals surface area contributed by atoms with Gasteiger partial charge in [0, 0.05) is 5.33 Å². The van der Waals surface area contributed by atoms with Crippen molar-refractivity contribution in [3.63, 3.8) is 0 Å². The second-order valence-corrected chi connectivity index (χ2v) is 3.57. The van der Waals surface area contributed by atoms with Crippen molar-refractivity contribution in [1.82, 2.24) is 0 Å². The van der Waals surface area contributed by atoms with Gasteiger partial charge in [0.15, 0.2) is 11.6 Å². The van der Waals surface area contributed by atoms with Gasteiger partial charge in [-0.2, -0.15) is 0 Å². The van der Waals surface area contributed by atoms with Crippen LogP contribution >= 0.6 is 15.9 Å². The lowest BCUT2D eigenvalue weighted by molar-refractivity contribution is 0.0520. The number of halogens is 2. The summed E-state index contributed by atoms with van der Waals surface area (Å²) >= 11 is 3.24. The molecule has 0 aromatic heterocycles. The van der Waals surface area contributed by atoms with Gasteiger partial charge in [0.25, 0.3) is 0 Å². The first-order valence-electron chi connectivity index (χ1n) is 4.73. The second-order valence-electron chi connectivity index (χ2n) is 3.01. The molecule has 0 aliphatic carbocycles.